The number of anilines is 1. The van der Waals surface area contributed by atoms with Crippen LogP contribution >= 0.6 is 23.4 Å². The van der Waals surface area contributed by atoms with Crippen LogP contribution in [0.5, 0.6) is 5.75 Å². The Morgan fingerprint density at radius 1 is 1.50 bits per heavy atom. The number of carbonyl (C=O) groups excluding carboxylic acids is 1. The maximum absolute atomic E-state index is 12.0. The lowest BCUT2D eigenvalue weighted by Gasteiger charge is -2.22. The summed E-state index contributed by atoms with van der Waals surface area (Å²) >= 11 is 8.03. The molecule has 2 N–H and O–H groups in total. The van der Waals surface area contributed by atoms with E-state index < -0.39 is 0 Å². The van der Waals surface area contributed by atoms with E-state index in [1.165, 1.54) is 0 Å². The number of methoxy groups -OCH3 is 1. The van der Waals surface area contributed by atoms with Crippen molar-refractivity contribution in [3.8, 4) is 5.75 Å². The van der Waals surface area contributed by atoms with Crippen LogP contribution in [0.1, 0.15) is 6.42 Å². The van der Waals surface area contributed by atoms with E-state index in [4.69, 9.17) is 21.1 Å². The highest BCUT2D eigenvalue weighted by Crippen LogP contribution is 2.27. The summed E-state index contributed by atoms with van der Waals surface area (Å²) < 4.78 is 10.4. The lowest BCUT2D eigenvalue weighted by atomic mass is 10.2. The topological polar surface area (TPSA) is 59.6 Å². The Labute approximate surface area is 140 Å². The normalized spacial score (nSPS) is 18.0. The zero-order valence-corrected chi connectivity index (χ0v) is 14.1. The summed E-state index contributed by atoms with van der Waals surface area (Å²) in [6, 6.07) is 5.48. The Bertz CT molecular complexity index is 496. The lowest BCUT2D eigenvalue weighted by molar-refractivity contribution is -0.116. The summed E-state index contributed by atoms with van der Waals surface area (Å²) in [5.74, 6) is 2.66. The molecule has 1 saturated heterocycles. The number of benzene rings is 1. The number of halogens is 1. The van der Waals surface area contributed by atoms with Crippen LogP contribution in [0, 0.1) is 0 Å². The van der Waals surface area contributed by atoms with Crippen LogP contribution < -0.4 is 15.4 Å². The molecule has 1 amide bonds. The fourth-order valence-electron chi connectivity index (χ4n) is 2.12. The van der Waals surface area contributed by atoms with Crippen molar-refractivity contribution >= 4 is 35.0 Å². The van der Waals surface area contributed by atoms with Crippen LogP contribution in [-0.4, -0.2) is 50.3 Å². The standard InChI is InChI=1S/C15H21ClN2O3S/c1-20-5-6-21-14-3-2-11(8-13(14)16)18-15(19)9-12-10-22-7-4-17-12/h2-3,8,12,17H,4-7,9-10H2,1H3,(H,18,19). The van der Waals surface area contributed by atoms with Crippen molar-refractivity contribution in [2.24, 2.45) is 0 Å². The van der Waals surface area contributed by atoms with Crippen molar-refractivity contribution in [1.82, 2.24) is 5.32 Å². The van der Waals surface area contributed by atoms with Crippen molar-refractivity contribution in [2.45, 2.75) is 12.5 Å². The fraction of sp³-hybridized carbons (Fsp3) is 0.533. The van der Waals surface area contributed by atoms with Gasteiger partial charge in [-0.2, -0.15) is 11.8 Å². The number of carbonyl (C=O) groups is 1. The third-order valence-electron chi connectivity index (χ3n) is 3.19. The minimum absolute atomic E-state index is 0.0101. The number of thioether (sulfide) groups is 1. The summed E-state index contributed by atoms with van der Waals surface area (Å²) in [6.45, 7) is 1.90. The molecule has 7 heteroatoms. The summed E-state index contributed by atoms with van der Waals surface area (Å²) in [6.07, 6.45) is 0.469. The summed E-state index contributed by atoms with van der Waals surface area (Å²) in [7, 11) is 1.61. The minimum atomic E-state index is -0.0101. The van der Waals surface area contributed by atoms with Gasteiger partial charge in [0.2, 0.25) is 5.91 Å². The molecule has 1 aromatic rings. The smallest absolute Gasteiger partial charge is 0.225 e. The van der Waals surface area contributed by atoms with E-state index >= 15 is 0 Å². The molecule has 1 aromatic carbocycles. The molecular formula is C15H21ClN2O3S. The Hall–Kier alpha value is -0.950. The highest BCUT2D eigenvalue weighted by atomic mass is 35.5. The van der Waals surface area contributed by atoms with Gasteiger partial charge in [-0.15, -0.1) is 0 Å². The molecule has 0 spiro atoms. The first-order chi connectivity index (χ1) is 10.7. The SMILES string of the molecule is COCCOc1ccc(NC(=O)CC2CSCCN2)cc1Cl. The zero-order chi connectivity index (χ0) is 15.8. The molecule has 5 nitrogen and oxygen atoms in total. The summed E-state index contributed by atoms with van der Waals surface area (Å²) in [4.78, 5) is 12.0. The molecule has 0 bridgehead atoms. The van der Waals surface area contributed by atoms with Crippen molar-refractivity contribution in [3.63, 3.8) is 0 Å². The molecule has 1 heterocycles. The summed E-state index contributed by atoms with van der Waals surface area (Å²) in [5, 5.41) is 6.69. The first-order valence-electron chi connectivity index (χ1n) is 7.21. The fourth-order valence-corrected chi connectivity index (χ4v) is 3.30. The highest BCUT2D eigenvalue weighted by molar-refractivity contribution is 7.99. The van der Waals surface area contributed by atoms with Gasteiger partial charge < -0.3 is 20.1 Å². The van der Waals surface area contributed by atoms with Crippen molar-refractivity contribution in [2.75, 3.05) is 43.7 Å². The first kappa shape index (κ1) is 17.4. The van der Waals surface area contributed by atoms with Crippen LogP contribution in [0.15, 0.2) is 18.2 Å². The van der Waals surface area contributed by atoms with Gasteiger partial charge >= 0.3 is 0 Å². The van der Waals surface area contributed by atoms with E-state index in [2.05, 4.69) is 10.6 Å². The predicted octanol–water partition coefficient (Wildman–Crippen LogP) is 2.40. The maximum Gasteiger partial charge on any atom is 0.225 e. The Morgan fingerprint density at radius 2 is 2.36 bits per heavy atom. The molecular weight excluding hydrogens is 324 g/mol. The monoisotopic (exact) mass is 344 g/mol. The predicted molar refractivity (Wildman–Crippen MR) is 91.2 cm³/mol. The number of amides is 1. The van der Waals surface area contributed by atoms with Gasteiger partial charge in [0.05, 0.1) is 11.6 Å². The number of hydrogen-bond acceptors (Lipinski definition) is 5. The van der Waals surface area contributed by atoms with Crippen LogP contribution in [0.3, 0.4) is 0 Å². The van der Waals surface area contributed by atoms with E-state index in [1.807, 2.05) is 11.8 Å². The third kappa shape index (κ3) is 5.68. The Morgan fingerprint density at radius 3 is 3.05 bits per heavy atom. The van der Waals surface area contributed by atoms with Gasteiger partial charge in [0.25, 0.3) is 0 Å². The number of nitrogens with one attached hydrogen (secondary N) is 2. The lowest BCUT2D eigenvalue weighted by Crippen LogP contribution is -2.39. The van der Waals surface area contributed by atoms with Crippen molar-refractivity contribution in [1.29, 1.82) is 0 Å². The van der Waals surface area contributed by atoms with E-state index in [0.717, 1.165) is 18.1 Å². The molecule has 2 rings (SSSR count). The molecule has 22 heavy (non-hydrogen) atoms. The molecule has 0 saturated carbocycles. The third-order valence-corrected chi connectivity index (χ3v) is 4.62. The quantitative estimate of drug-likeness (QED) is 0.744. The molecule has 1 aliphatic heterocycles. The Kier molecular flexibility index (Phi) is 7.32. The van der Waals surface area contributed by atoms with Gasteiger partial charge in [-0.25, -0.2) is 0 Å². The van der Waals surface area contributed by atoms with Gasteiger partial charge in [0, 0.05) is 43.3 Å². The largest absolute Gasteiger partial charge is 0.490 e. The molecule has 0 aromatic heterocycles. The molecule has 1 fully saturated rings. The molecule has 122 valence electrons. The molecule has 0 radical (unpaired) electrons. The zero-order valence-electron chi connectivity index (χ0n) is 12.6. The van der Waals surface area contributed by atoms with E-state index in [0.29, 0.717) is 36.1 Å². The van der Waals surface area contributed by atoms with Crippen LogP contribution in [0.25, 0.3) is 0 Å². The van der Waals surface area contributed by atoms with Crippen molar-refractivity contribution < 1.29 is 14.3 Å². The number of hydrogen-bond donors (Lipinski definition) is 2. The molecule has 1 unspecified atom stereocenters. The molecule has 1 aliphatic rings. The van der Waals surface area contributed by atoms with Gasteiger partial charge in [-0.3, -0.25) is 4.79 Å². The van der Waals surface area contributed by atoms with Crippen molar-refractivity contribution in [3.05, 3.63) is 23.2 Å². The maximum atomic E-state index is 12.0. The average Bonchev–Trinajstić information content (AvgIpc) is 2.50. The van der Waals surface area contributed by atoms with Crippen LogP contribution in [-0.2, 0) is 9.53 Å². The van der Waals surface area contributed by atoms with E-state index in [-0.39, 0.29) is 11.9 Å². The molecule has 0 aliphatic carbocycles. The van der Waals surface area contributed by atoms with Crippen LogP contribution in [0.4, 0.5) is 5.69 Å². The van der Waals surface area contributed by atoms with Gasteiger partial charge in [0.1, 0.15) is 12.4 Å². The average molecular weight is 345 g/mol. The van der Waals surface area contributed by atoms with Gasteiger partial charge in [-0.1, -0.05) is 11.6 Å². The summed E-state index contributed by atoms with van der Waals surface area (Å²) in [5.41, 5.74) is 0.678. The minimum Gasteiger partial charge on any atom is -0.490 e. The second-order valence-corrected chi connectivity index (χ2v) is 6.52. The second kappa shape index (κ2) is 9.25. The van der Waals surface area contributed by atoms with Crippen LogP contribution in [0.2, 0.25) is 5.02 Å². The number of ether oxygens (including phenoxy) is 2. The highest BCUT2D eigenvalue weighted by Gasteiger charge is 2.17. The first-order valence-corrected chi connectivity index (χ1v) is 8.74. The number of rotatable bonds is 7. The van der Waals surface area contributed by atoms with Gasteiger partial charge in [-0.05, 0) is 18.2 Å². The molecule has 1 atom stereocenters. The Balaban J connectivity index is 1.84. The van der Waals surface area contributed by atoms with E-state index in [1.54, 1.807) is 25.3 Å². The van der Waals surface area contributed by atoms with Gasteiger partial charge in [0.15, 0.2) is 0 Å². The van der Waals surface area contributed by atoms with E-state index in [9.17, 15) is 4.79 Å². The second-order valence-electron chi connectivity index (χ2n) is 4.96.